The van der Waals surface area contributed by atoms with E-state index >= 15 is 0 Å². The highest BCUT2D eigenvalue weighted by Crippen LogP contribution is 2.42. The van der Waals surface area contributed by atoms with Crippen LogP contribution >= 0.6 is 11.3 Å². The van der Waals surface area contributed by atoms with Crippen molar-refractivity contribution in [3.8, 4) is 0 Å². The van der Waals surface area contributed by atoms with E-state index in [1.165, 1.54) is 0 Å². The number of ketones is 1. The third-order valence-corrected chi connectivity index (χ3v) is 3.57. The van der Waals surface area contributed by atoms with Crippen LogP contribution in [0, 0.1) is 0 Å². The molecule has 0 saturated carbocycles. The molecule has 0 bridgehead atoms. The van der Waals surface area contributed by atoms with E-state index in [2.05, 4.69) is 0 Å². The fourth-order valence-electron chi connectivity index (χ4n) is 1.75. The van der Waals surface area contributed by atoms with Gasteiger partial charge in [0.2, 0.25) is 0 Å². The quantitative estimate of drug-likeness (QED) is 0.599. The molecule has 1 aliphatic heterocycles. The van der Waals surface area contributed by atoms with Gasteiger partial charge in [0, 0.05) is 10.4 Å². The van der Waals surface area contributed by atoms with Gasteiger partial charge in [-0.1, -0.05) is 36.4 Å². The minimum Gasteiger partial charge on any atom is -0.355 e. The second-order valence-electron chi connectivity index (χ2n) is 3.72. The van der Waals surface area contributed by atoms with Crippen LogP contribution in [0.15, 0.2) is 47.8 Å². The first-order valence-corrected chi connectivity index (χ1v) is 6.02. The summed E-state index contributed by atoms with van der Waals surface area (Å²) >= 11 is 1.63. The molecule has 1 fully saturated rings. The van der Waals surface area contributed by atoms with Gasteiger partial charge in [0.1, 0.15) is 6.10 Å². The summed E-state index contributed by atoms with van der Waals surface area (Å²) in [5.41, 5.74) is 0.728. The smallest absolute Gasteiger partial charge is 0.194 e. The van der Waals surface area contributed by atoms with Crippen molar-refractivity contribution in [1.82, 2.24) is 0 Å². The highest BCUT2D eigenvalue weighted by molar-refractivity contribution is 7.10. The number of thiophene rings is 1. The standard InChI is InChI=1S/C13H10O2S/c14-11(9-5-2-1-3-6-9)13-12(15-13)10-7-4-8-16-10/h1-8,12-13H/t12-,13+/m1/s1. The maximum absolute atomic E-state index is 12.0. The Morgan fingerprint density at radius 3 is 2.62 bits per heavy atom. The molecule has 3 rings (SSSR count). The Morgan fingerprint density at radius 1 is 1.12 bits per heavy atom. The van der Waals surface area contributed by atoms with Crippen molar-refractivity contribution >= 4 is 17.1 Å². The zero-order valence-electron chi connectivity index (χ0n) is 8.50. The molecule has 0 unspecified atom stereocenters. The van der Waals surface area contributed by atoms with E-state index in [4.69, 9.17) is 4.74 Å². The van der Waals surface area contributed by atoms with Gasteiger partial charge in [-0.25, -0.2) is 0 Å². The van der Waals surface area contributed by atoms with Gasteiger partial charge in [0.15, 0.2) is 11.9 Å². The van der Waals surface area contributed by atoms with Gasteiger partial charge in [0.05, 0.1) is 0 Å². The molecule has 16 heavy (non-hydrogen) atoms. The number of Topliss-reactive ketones (excluding diaryl/α,β-unsaturated/α-hetero) is 1. The topological polar surface area (TPSA) is 29.6 Å². The number of epoxide rings is 1. The number of carbonyl (C=O) groups excluding carboxylic acids is 1. The summed E-state index contributed by atoms with van der Waals surface area (Å²) in [6.45, 7) is 0. The SMILES string of the molecule is O=C(c1ccccc1)[C@@H]1O[C@@H]1c1cccs1. The Labute approximate surface area is 97.5 Å². The maximum Gasteiger partial charge on any atom is 0.194 e. The Kier molecular flexibility index (Phi) is 2.35. The number of benzene rings is 1. The normalized spacial score (nSPS) is 23.0. The minimum absolute atomic E-state index is 0.0206. The second kappa shape index (κ2) is 3.85. The molecular weight excluding hydrogens is 220 g/mol. The van der Waals surface area contributed by atoms with E-state index in [0.29, 0.717) is 0 Å². The predicted octanol–water partition coefficient (Wildman–Crippen LogP) is 3.07. The summed E-state index contributed by atoms with van der Waals surface area (Å²) in [6.07, 6.45) is -0.297. The Morgan fingerprint density at radius 2 is 1.94 bits per heavy atom. The molecule has 0 aliphatic carbocycles. The molecule has 0 spiro atoms. The van der Waals surface area contributed by atoms with Gasteiger partial charge >= 0.3 is 0 Å². The van der Waals surface area contributed by atoms with Crippen molar-refractivity contribution < 1.29 is 9.53 Å². The Balaban J connectivity index is 1.76. The fourth-order valence-corrected chi connectivity index (χ4v) is 2.53. The molecule has 0 N–H and O–H groups in total. The van der Waals surface area contributed by atoms with E-state index in [-0.39, 0.29) is 18.0 Å². The van der Waals surface area contributed by atoms with Crippen LogP contribution in [-0.4, -0.2) is 11.9 Å². The Bertz CT molecular complexity index is 490. The van der Waals surface area contributed by atoms with Gasteiger partial charge in [-0.05, 0) is 11.4 Å². The van der Waals surface area contributed by atoms with Crippen molar-refractivity contribution in [1.29, 1.82) is 0 Å². The molecule has 2 heterocycles. The summed E-state index contributed by atoms with van der Waals surface area (Å²) in [5, 5.41) is 2.00. The van der Waals surface area contributed by atoms with E-state index in [9.17, 15) is 4.79 Å². The van der Waals surface area contributed by atoms with Crippen molar-refractivity contribution in [2.45, 2.75) is 12.2 Å². The molecular formula is C13H10O2S. The number of ether oxygens (including phenoxy) is 1. The zero-order chi connectivity index (χ0) is 11.0. The van der Waals surface area contributed by atoms with E-state index in [1.807, 2.05) is 47.8 Å². The van der Waals surface area contributed by atoms with Crippen molar-refractivity contribution in [3.05, 3.63) is 58.3 Å². The first-order chi connectivity index (χ1) is 7.86. The van der Waals surface area contributed by atoms with Crippen LogP contribution in [0.3, 0.4) is 0 Å². The molecule has 80 valence electrons. The molecule has 1 aliphatic rings. The lowest BCUT2D eigenvalue weighted by atomic mass is 10.1. The lowest BCUT2D eigenvalue weighted by Crippen LogP contribution is -2.07. The number of rotatable bonds is 3. The van der Waals surface area contributed by atoms with E-state index in [1.54, 1.807) is 11.3 Å². The highest BCUT2D eigenvalue weighted by atomic mass is 32.1. The lowest BCUT2D eigenvalue weighted by molar-refractivity contribution is 0.0953. The van der Waals surface area contributed by atoms with Crippen LogP contribution in [-0.2, 0) is 4.74 Å². The zero-order valence-corrected chi connectivity index (χ0v) is 9.31. The van der Waals surface area contributed by atoms with Crippen LogP contribution in [0.4, 0.5) is 0 Å². The van der Waals surface area contributed by atoms with Crippen molar-refractivity contribution in [2.75, 3.05) is 0 Å². The second-order valence-corrected chi connectivity index (χ2v) is 4.70. The summed E-state index contributed by atoms with van der Waals surface area (Å²) in [7, 11) is 0. The molecule has 3 heteroatoms. The van der Waals surface area contributed by atoms with Gasteiger partial charge in [-0.2, -0.15) is 0 Å². The predicted molar refractivity (Wildman–Crippen MR) is 62.7 cm³/mol. The number of hydrogen-bond acceptors (Lipinski definition) is 3. The van der Waals surface area contributed by atoms with E-state index in [0.717, 1.165) is 10.4 Å². The monoisotopic (exact) mass is 230 g/mol. The van der Waals surface area contributed by atoms with Crippen molar-refractivity contribution in [2.24, 2.45) is 0 Å². The molecule has 1 aromatic carbocycles. The summed E-state index contributed by atoms with van der Waals surface area (Å²) in [4.78, 5) is 13.1. The first-order valence-electron chi connectivity index (χ1n) is 5.14. The van der Waals surface area contributed by atoms with Gasteiger partial charge in [-0.15, -0.1) is 11.3 Å². The maximum atomic E-state index is 12.0. The molecule has 2 aromatic rings. The van der Waals surface area contributed by atoms with Gasteiger partial charge < -0.3 is 4.74 Å². The summed E-state index contributed by atoms with van der Waals surface area (Å²) in [5.74, 6) is 0.0824. The highest BCUT2D eigenvalue weighted by Gasteiger charge is 2.46. The average Bonchev–Trinajstić information content (AvgIpc) is 2.95. The van der Waals surface area contributed by atoms with Gasteiger partial charge in [-0.3, -0.25) is 4.79 Å². The van der Waals surface area contributed by atoms with E-state index < -0.39 is 0 Å². The minimum atomic E-state index is -0.277. The van der Waals surface area contributed by atoms with Gasteiger partial charge in [0.25, 0.3) is 0 Å². The number of carbonyl (C=O) groups is 1. The average molecular weight is 230 g/mol. The van der Waals surface area contributed by atoms with Crippen LogP contribution in [0.2, 0.25) is 0 Å². The number of hydrogen-bond donors (Lipinski definition) is 0. The Hall–Kier alpha value is -1.45. The first kappa shape index (κ1) is 9.75. The largest absolute Gasteiger partial charge is 0.355 e. The molecule has 0 amide bonds. The van der Waals surface area contributed by atoms with Crippen LogP contribution in [0.5, 0.6) is 0 Å². The third kappa shape index (κ3) is 1.68. The molecule has 0 radical (unpaired) electrons. The van der Waals surface area contributed by atoms with Crippen molar-refractivity contribution in [3.63, 3.8) is 0 Å². The van der Waals surface area contributed by atoms with Crippen LogP contribution in [0.1, 0.15) is 21.3 Å². The summed E-state index contributed by atoms with van der Waals surface area (Å²) < 4.78 is 5.44. The molecule has 1 saturated heterocycles. The molecule has 2 atom stereocenters. The third-order valence-electron chi connectivity index (χ3n) is 2.63. The fraction of sp³-hybridized carbons (Fsp3) is 0.154. The molecule has 1 aromatic heterocycles. The van der Waals surface area contributed by atoms with Crippen LogP contribution < -0.4 is 0 Å². The summed E-state index contributed by atoms with van der Waals surface area (Å²) in [6, 6.07) is 13.3. The molecule has 2 nitrogen and oxygen atoms in total. The van der Waals surface area contributed by atoms with Crippen LogP contribution in [0.25, 0.3) is 0 Å². The lowest BCUT2D eigenvalue weighted by Gasteiger charge is -1.95.